The lowest BCUT2D eigenvalue weighted by atomic mass is 9.91. The first-order valence-corrected chi connectivity index (χ1v) is 8.33. The topological polar surface area (TPSA) is 47.0 Å². The molecule has 0 bridgehead atoms. The molecule has 5 heteroatoms. The number of hydrogen-bond acceptors (Lipinski definition) is 4. The SMILES string of the molecule is CCOC(c1nc(NC)c(I)c(C(C)(C)C)n1)C1CC1. The minimum absolute atomic E-state index is 0.000128. The molecule has 0 spiro atoms. The fraction of sp³-hybridized carbons (Fsp3) is 0.733. The predicted octanol–water partition coefficient (Wildman–Crippen LogP) is 3.91. The summed E-state index contributed by atoms with van der Waals surface area (Å²) in [5.41, 5.74) is 1.10. The van der Waals surface area contributed by atoms with Crippen LogP contribution >= 0.6 is 22.6 Å². The molecule has 4 nitrogen and oxygen atoms in total. The zero-order chi connectivity index (χ0) is 14.9. The summed E-state index contributed by atoms with van der Waals surface area (Å²) in [5, 5.41) is 3.19. The van der Waals surface area contributed by atoms with Crippen molar-refractivity contribution in [1.82, 2.24) is 9.97 Å². The van der Waals surface area contributed by atoms with Gasteiger partial charge in [0.05, 0.1) is 9.26 Å². The van der Waals surface area contributed by atoms with E-state index in [4.69, 9.17) is 14.7 Å². The van der Waals surface area contributed by atoms with E-state index in [0.29, 0.717) is 12.5 Å². The Balaban J connectivity index is 2.47. The van der Waals surface area contributed by atoms with Gasteiger partial charge in [-0.2, -0.15) is 0 Å². The molecule has 0 radical (unpaired) electrons. The van der Waals surface area contributed by atoms with E-state index in [9.17, 15) is 0 Å². The Morgan fingerprint density at radius 2 is 2.00 bits per heavy atom. The highest BCUT2D eigenvalue weighted by molar-refractivity contribution is 14.1. The molecule has 1 fully saturated rings. The Morgan fingerprint density at radius 1 is 1.35 bits per heavy atom. The number of hydrogen-bond donors (Lipinski definition) is 1. The van der Waals surface area contributed by atoms with Gasteiger partial charge in [0.25, 0.3) is 0 Å². The zero-order valence-corrected chi connectivity index (χ0v) is 15.1. The normalized spacial score (nSPS) is 17.1. The third kappa shape index (κ3) is 3.42. The number of rotatable bonds is 5. The first-order valence-electron chi connectivity index (χ1n) is 7.25. The van der Waals surface area contributed by atoms with Crippen molar-refractivity contribution in [2.45, 2.75) is 52.1 Å². The fourth-order valence-corrected chi connectivity index (χ4v) is 3.57. The van der Waals surface area contributed by atoms with Gasteiger partial charge in [0.15, 0.2) is 5.82 Å². The van der Waals surface area contributed by atoms with Gasteiger partial charge in [-0.05, 0) is 48.3 Å². The van der Waals surface area contributed by atoms with E-state index in [1.165, 1.54) is 12.8 Å². The van der Waals surface area contributed by atoms with Crippen LogP contribution in [-0.2, 0) is 10.2 Å². The Morgan fingerprint density at radius 3 is 2.45 bits per heavy atom. The second-order valence-electron chi connectivity index (χ2n) is 6.31. The molecule has 1 unspecified atom stereocenters. The number of nitrogens with zero attached hydrogens (tertiary/aromatic N) is 2. The van der Waals surface area contributed by atoms with Gasteiger partial charge in [-0.25, -0.2) is 9.97 Å². The summed E-state index contributed by atoms with van der Waals surface area (Å²) < 4.78 is 7.01. The number of ether oxygens (including phenoxy) is 1. The molecule has 112 valence electrons. The Hall–Kier alpha value is -0.430. The zero-order valence-electron chi connectivity index (χ0n) is 13.0. The molecule has 1 saturated carbocycles. The molecular formula is C15H24IN3O. The molecule has 1 aliphatic rings. The Bertz CT molecular complexity index is 481. The van der Waals surface area contributed by atoms with Crippen LogP contribution in [0.4, 0.5) is 5.82 Å². The van der Waals surface area contributed by atoms with Gasteiger partial charge < -0.3 is 10.1 Å². The quantitative estimate of drug-likeness (QED) is 0.776. The van der Waals surface area contributed by atoms with Gasteiger partial charge in [0, 0.05) is 19.1 Å². The van der Waals surface area contributed by atoms with Crippen molar-refractivity contribution < 1.29 is 4.74 Å². The fourth-order valence-electron chi connectivity index (χ4n) is 2.25. The molecule has 0 aliphatic heterocycles. The van der Waals surface area contributed by atoms with Gasteiger partial charge in [0.2, 0.25) is 0 Å². The minimum Gasteiger partial charge on any atom is -0.372 e. The summed E-state index contributed by atoms with van der Waals surface area (Å²) in [6, 6.07) is 0. The van der Waals surface area contributed by atoms with Crippen molar-refractivity contribution >= 4 is 28.4 Å². The van der Waals surface area contributed by atoms with Crippen LogP contribution in [0.3, 0.4) is 0 Å². The van der Waals surface area contributed by atoms with Gasteiger partial charge in [-0.3, -0.25) is 0 Å². The van der Waals surface area contributed by atoms with Crippen LogP contribution in [0.15, 0.2) is 0 Å². The maximum Gasteiger partial charge on any atom is 0.160 e. The predicted molar refractivity (Wildman–Crippen MR) is 90.1 cm³/mol. The molecule has 2 rings (SSSR count). The van der Waals surface area contributed by atoms with E-state index in [1.807, 2.05) is 14.0 Å². The van der Waals surface area contributed by atoms with Crippen LogP contribution in [0.1, 0.15) is 58.2 Å². The molecule has 1 N–H and O–H groups in total. The molecule has 1 atom stereocenters. The maximum absolute atomic E-state index is 5.90. The van der Waals surface area contributed by atoms with Crippen molar-refractivity contribution in [2.24, 2.45) is 5.92 Å². The number of aromatic nitrogens is 2. The average molecular weight is 389 g/mol. The maximum atomic E-state index is 5.90. The van der Waals surface area contributed by atoms with E-state index in [0.717, 1.165) is 20.9 Å². The van der Waals surface area contributed by atoms with E-state index in [-0.39, 0.29) is 11.5 Å². The van der Waals surface area contributed by atoms with E-state index < -0.39 is 0 Å². The first kappa shape index (κ1) is 15.9. The second kappa shape index (κ2) is 6.13. The molecule has 0 aromatic carbocycles. The standard InChI is InChI=1S/C15H24IN3O/c1-6-20-11(9-7-8-9)14-18-12(15(2,3)4)10(16)13(17-5)19-14/h9,11H,6-8H2,1-5H3,(H,17,18,19). The van der Waals surface area contributed by atoms with Crippen LogP contribution in [0.2, 0.25) is 0 Å². The summed E-state index contributed by atoms with van der Waals surface area (Å²) >= 11 is 2.33. The highest BCUT2D eigenvalue weighted by Gasteiger charge is 2.36. The minimum atomic E-state index is 0.000128. The highest BCUT2D eigenvalue weighted by Crippen LogP contribution is 2.43. The van der Waals surface area contributed by atoms with Crippen molar-refractivity contribution in [3.63, 3.8) is 0 Å². The summed E-state index contributed by atoms with van der Waals surface area (Å²) in [6.45, 7) is 9.30. The number of anilines is 1. The summed E-state index contributed by atoms with van der Waals surface area (Å²) in [4.78, 5) is 9.54. The lowest BCUT2D eigenvalue weighted by Gasteiger charge is -2.24. The molecule has 20 heavy (non-hydrogen) atoms. The van der Waals surface area contributed by atoms with E-state index in [1.54, 1.807) is 0 Å². The van der Waals surface area contributed by atoms with Crippen LogP contribution in [-0.4, -0.2) is 23.6 Å². The number of halogens is 1. The first-order chi connectivity index (χ1) is 9.38. The van der Waals surface area contributed by atoms with Gasteiger partial charge in [0.1, 0.15) is 11.9 Å². The molecule has 0 saturated heterocycles. The van der Waals surface area contributed by atoms with Crippen LogP contribution in [0.5, 0.6) is 0 Å². The van der Waals surface area contributed by atoms with E-state index >= 15 is 0 Å². The Labute approximate surface area is 135 Å². The van der Waals surface area contributed by atoms with Crippen molar-refractivity contribution in [3.8, 4) is 0 Å². The average Bonchev–Trinajstić information content (AvgIpc) is 3.19. The van der Waals surface area contributed by atoms with Crippen molar-refractivity contribution in [1.29, 1.82) is 0 Å². The van der Waals surface area contributed by atoms with Gasteiger partial charge >= 0.3 is 0 Å². The largest absolute Gasteiger partial charge is 0.372 e. The molecule has 1 heterocycles. The third-order valence-electron chi connectivity index (χ3n) is 3.47. The van der Waals surface area contributed by atoms with Crippen LogP contribution in [0, 0.1) is 9.49 Å². The third-order valence-corrected chi connectivity index (χ3v) is 4.49. The smallest absolute Gasteiger partial charge is 0.160 e. The van der Waals surface area contributed by atoms with Gasteiger partial charge in [-0.15, -0.1) is 0 Å². The van der Waals surface area contributed by atoms with E-state index in [2.05, 4.69) is 48.7 Å². The highest BCUT2D eigenvalue weighted by atomic mass is 127. The lowest BCUT2D eigenvalue weighted by Crippen LogP contribution is -2.21. The molecule has 1 aliphatic carbocycles. The monoisotopic (exact) mass is 389 g/mol. The second-order valence-corrected chi connectivity index (χ2v) is 7.39. The molecular weight excluding hydrogens is 365 g/mol. The van der Waals surface area contributed by atoms with Crippen LogP contribution < -0.4 is 5.32 Å². The van der Waals surface area contributed by atoms with Crippen molar-refractivity contribution in [3.05, 3.63) is 15.1 Å². The Kier molecular flexibility index (Phi) is 4.89. The summed E-state index contributed by atoms with van der Waals surface area (Å²) in [5.74, 6) is 2.34. The number of nitrogens with one attached hydrogen (secondary N) is 1. The molecule has 0 amide bonds. The van der Waals surface area contributed by atoms with Gasteiger partial charge in [-0.1, -0.05) is 20.8 Å². The summed E-state index contributed by atoms with van der Waals surface area (Å²) in [7, 11) is 1.91. The summed E-state index contributed by atoms with van der Waals surface area (Å²) in [6.07, 6.45) is 2.49. The molecule has 1 aromatic rings. The van der Waals surface area contributed by atoms with Crippen molar-refractivity contribution in [2.75, 3.05) is 19.0 Å². The molecule has 1 aromatic heterocycles. The lowest BCUT2D eigenvalue weighted by molar-refractivity contribution is 0.0398. The van der Waals surface area contributed by atoms with Crippen LogP contribution in [0.25, 0.3) is 0 Å².